The summed E-state index contributed by atoms with van der Waals surface area (Å²) in [5, 5.41) is 12.4. The van der Waals surface area contributed by atoms with Crippen molar-refractivity contribution < 1.29 is 23.4 Å². The summed E-state index contributed by atoms with van der Waals surface area (Å²) in [6.07, 6.45) is 4.69. The van der Waals surface area contributed by atoms with Crippen molar-refractivity contribution in [2.45, 2.75) is 32.4 Å². The van der Waals surface area contributed by atoms with E-state index in [1.54, 1.807) is 24.5 Å². The zero-order valence-electron chi connectivity index (χ0n) is 18.7. The minimum atomic E-state index is -2.85. The predicted molar refractivity (Wildman–Crippen MR) is 124 cm³/mol. The van der Waals surface area contributed by atoms with E-state index in [2.05, 4.69) is 31.8 Å². The fourth-order valence-electron chi connectivity index (χ4n) is 4.09. The molecule has 1 atom stereocenters. The number of carboxylic acid groups (broad SMARTS) is 1. The molecule has 9 heteroatoms. The van der Waals surface area contributed by atoms with E-state index in [-0.39, 0.29) is 17.7 Å². The fraction of sp³-hybridized carbons (Fsp3) is 0.320. The maximum Gasteiger partial charge on any atom is 0.387 e. The summed E-state index contributed by atoms with van der Waals surface area (Å²) < 4.78 is 28.9. The van der Waals surface area contributed by atoms with Crippen molar-refractivity contribution in [3.05, 3.63) is 66.5 Å². The molecule has 1 fully saturated rings. The van der Waals surface area contributed by atoms with Gasteiger partial charge in [-0.3, -0.25) is 9.69 Å². The number of piperidine rings is 1. The number of nitrogens with zero attached hydrogens (tertiary/aromatic N) is 3. The molecule has 7 nitrogen and oxygen atoms in total. The predicted octanol–water partition coefficient (Wildman–Crippen LogP) is 5.35. The first-order valence-electron chi connectivity index (χ1n) is 11.1. The molecule has 1 unspecified atom stereocenters. The van der Waals surface area contributed by atoms with Gasteiger partial charge in [-0.05, 0) is 68.2 Å². The molecule has 4 rings (SSSR count). The van der Waals surface area contributed by atoms with Gasteiger partial charge in [-0.1, -0.05) is 24.3 Å². The van der Waals surface area contributed by atoms with Crippen LogP contribution in [-0.4, -0.2) is 45.6 Å². The molecule has 0 saturated carbocycles. The lowest BCUT2D eigenvalue weighted by Crippen LogP contribution is -2.37. The summed E-state index contributed by atoms with van der Waals surface area (Å²) in [7, 11) is 0. The number of ether oxygens (including phenoxy) is 1. The molecule has 2 heterocycles. The molecule has 1 aromatic heterocycles. The molecule has 178 valence electrons. The lowest BCUT2D eigenvalue weighted by molar-refractivity contribution is -0.143. The minimum Gasteiger partial charge on any atom is -0.481 e. The van der Waals surface area contributed by atoms with Crippen molar-refractivity contribution in [2.75, 3.05) is 18.4 Å². The largest absolute Gasteiger partial charge is 0.481 e. The Balaban J connectivity index is 1.34. The molecule has 1 saturated heterocycles. The van der Waals surface area contributed by atoms with Crippen molar-refractivity contribution in [2.24, 2.45) is 5.92 Å². The Bertz CT molecular complexity index is 1080. The molecule has 0 spiro atoms. The number of halogens is 2. The average Bonchev–Trinajstić information content (AvgIpc) is 2.85. The standard InChI is InChI=1S/C25H26F2N4O3/c1-16(31-12-10-19(11-13-31)23(32)33)17-2-6-21(7-3-17)30-25-28-14-20(15-29-25)18-4-8-22(9-5-18)34-24(26)27/h2-9,14-16,19,24H,10-13H2,1H3,(H,32,33)(H,28,29,30). The van der Waals surface area contributed by atoms with Gasteiger partial charge in [0.2, 0.25) is 5.95 Å². The van der Waals surface area contributed by atoms with Crippen LogP contribution in [-0.2, 0) is 4.79 Å². The van der Waals surface area contributed by atoms with Crippen LogP contribution < -0.4 is 10.1 Å². The molecule has 0 radical (unpaired) electrons. The molecule has 34 heavy (non-hydrogen) atoms. The number of aliphatic carboxylic acids is 1. The second-order valence-corrected chi connectivity index (χ2v) is 8.27. The molecule has 2 N–H and O–H groups in total. The number of hydrogen-bond donors (Lipinski definition) is 2. The third-order valence-electron chi connectivity index (χ3n) is 6.14. The number of anilines is 2. The van der Waals surface area contributed by atoms with Gasteiger partial charge in [0.1, 0.15) is 5.75 Å². The topological polar surface area (TPSA) is 87.6 Å². The zero-order valence-corrected chi connectivity index (χ0v) is 18.7. The number of nitrogens with one attached hydrogen (secondary N) is 1. The molecular weight excluding hydrogens is 442 g/mol. The summed E-state index contributed by atoms with van der Waals surface area (Å²) in [6, 6.07) is 14.5. The normalized spacial score (nSPS) is 15.8. The van der Waals surface area contributed by atoms with Gasteiger partial charge in [-0.15, -0.1) is 0 Å². The van der Waals surface area contributed by atoms with Gasteiger partial charge in [0.25, 0.3) is 0 Å². The van der Waals surface area contributed by atoms with Gasteiger partial charge in [0.15, 0.2) is 0 Å². The Kier molecular flexibility index (Phi) is 7.32. The van der Waals surface area contributed by atoms with Crippen LogP contribution in [0.25, 0.3) is 11.1 Å². The van der Waals surface area contributed by atoms with Crippen LogP contribution in [0.3, 0.4) is 0 Å². The third kappa shape index (κ3) is 5.85. The fourth-order valence-corrected chi connectivity index (χ4v) is 4.09. The number of aromatic nitrogens is 2. The monoisotopic (exact) mass is 468 g/mol. The summed E-state index contributed by atoms with van der Waals surface area (Å²) in [5.74, 6) is -0.394. The van der Waals surface area contributed by atoms with Crippen LogP contribution in [0.5, 0.6) is 5.75 Å². The van der Waals surface area contributed by atoms with E-state index in [0.29, 0.717) is 18.8 Å². The Morgan fingerprint density at radius 3 is 2.21 bits per heavy atom. The summed E-state index contributed by atoms with van der Waals surface area (Å²) in [4.78, 5) is 22.2. The van der Waals surface area contributed by atoms with Crippen molar-refractivity contribution >= 4 is 17.6 Å². The van der Waals surface area contributed by atoms with Gasteiger partial charge < -0.3 is 15.2 Å². The van der Waals surface area contributed by atoms with Crippen molar-refractivity contribution in [3.8, 4) is 16.9 Å². The highest BCUT2D eigenvalue weighted by Crippen LogP contribution is 2.28. The van der Waals surface area contributed by atoms with Gasteiger partial charge in [0.05, 0.1) is 5.92 Å². The molecule has 0 amide bonds. The molecule has 0 aliphatic carbocycles. The van der Waals surface area contributed by atoms with Crippen LogP contribution in [0.4, 0.5) is 20.4 Å². The number of rotatable bonds is 8. The van der Waals surface area contributed by atoms with E-state index in [4.69, 9.17) is 0 Å². The number of carbonyl (C=O) groups is 1. The zero-order chi connectivity index (χ0) is 24.1. The highest BCUT2D eigenvalue weighted by atomic mass is 19.3. The number of hydrogen-bond acceptors (Lipinski definition) is 6. The minimum absolute atomic E-state index is 0.0977. The van der Waals surface area contributed by atoms with Gasteiger partial charge >= 0.3 is 12.6 Å². The first kappa shape index (κ1) is 23.6. The maximum absolute atomic E-state index is 12.3. The van der Waals surface area contributed by atoms with E-state index in [1.165, 1.54) is 12.1 Å². The number of alkyl halides is 2. The number of benzene rings is 2. The molecule has 2 aromatic carbocycles. The van der Waals surface area contributed by atoms with E-state index in [1.807, 2.05) is 24.3 Å². The SMILES string of the molecule is CC(c1ccc(Nc2ncc(-c3ccc(OC(F)F)cc3)cn2)cc1)N1CCC(C(=O)O)CC1. The second kappa shape index (κ2) is 10.6. The summed E-state index contributed by atoms with van der Waals surface area (Å²) in [6.45, 7) is 0.839. The van der Waals surface area contributed by atoms with E-state index >= 15 is 0 Å². The first-order chi connectivity index (χ1) is 16.4. The first-order valence-corrected chi connectivity index (χ1v) is 11.1. The highest BCUT2D eigenvalue weighted by molar-refractivity contribution is 5.70. The number of carboxylic acids is 1. The highest BCUT2D eigenvalue weighted by Gasteiger charge is 2.27. The Morgan fingerprint density at radius 1 is 1.03 bits per heavy atom. The van der Waals surface area contributed by atoms with E-state index < -0.39 is 12.6 Å². The lowest BCUT2D eigenvalue weighted by atomic mass is 9.95. The summed E-state index contributed by atoms with van der Waals surface area (Å²) >= 11 is 0. The smallest absolute Gasteiger partial charge is 0.387 e. The Labute approximate surface area is 196 Å². The molecule has 3 aromatic rings. The maximum atomic E-state index is 12.3. The van der Waals surface area contributed by atoms with Gasteiger partial charge in [-0.2, -0.15) is 8.78 Å². The quantitative estimate of drug-likeness (QED) is 0.461. The van der Waals surface area contributed by atoms with Crippen LogP contribution in [0, 0.1) is 5.92 Å². The molecular formula is C25H26F2N4O3. The second-order valence-electron chi connectivity index (χ2n) is 8.27. The van der Waals surface area contributed by atoms with Crippen molar-refractivity contribution in [1.82, 2.24) is 14.9 Å². The van der Waals surface area contributed by atoms with Crippen molar-refractivity contribution in [1.29, 1.82) is 0 Å². The van der Waals surface area contributed by atoms with Gasteiger partial charge in [0, 0.05) is 29.7 Å². The average molecular weight is 469 g/mol. The molecule has 1 aliphatic rings. The third-order valence-corrected chi connectivity index (χ3v) is 6.14. The van der Waals surface area contributed by atoms with Gasteiger partial charge in [-0.25, -0.2) is 9.97 Å². The van der Waals surface area contributed by atoms with E-state index in [9.17, 15) is 18.7 Å². The van der Waals surface area contributed by atoms with Crippen LogP contribution in [0.15, 0.2) is 60.9 Å². The molecule has 0 bridgehead atoms. The number of likely N-dealkylation sites (tertiary alicyclic amines) is 1. The molecule has 1 aliphatic heterocycles. The van der Waals surface area contributed by atoms with Crippen molar-refractivity contribution in [3.63, 3.8) is 0 Å². The Hall–Kier alpha value is -3.59. The van der Waals surface area contributed by atoms with Crippen LogP contribution >= 0.6 is 0 Å². The van der Waals surface area contributed by atoms with Crippen LogP contribution in [0.1, 0.15) is 31.4 Å². The summed E-state index contributed by atoms with van der Waals surface area (Å²) in [5.41, 5.74) is 3.56. The van der Waals surface area contributed by atoms with Crippen LogP contribution in [0.2, 0.25) is 0 Å². The Morgan fingerprint density at radius 2 is 1.65 bits per heavy atom. The lowest BCUT2D eigenvalue weighted by Gasteiger charge is -2.35. The van der Waals surface area contributed by atoms with E-state index in [0.717, 1.165) is 35.5 Å².